The van der Waals surface area contributed by atoms with E-state index in [1.807, 2.05) is 0 Å². The van der Waals surface area contributed by atoms with Crippen LogP contribution in [0.2, 0.25) is 0 Å². The van der Waals surface area contributed by atoms with E-state index in [0.717, 1.165) is 6.07 Å². The summed E-state index contributed by atoms with van der Waals surface area (Å²) in [5.74, 6) is 0. The van der Waals surface area contributed by atoms with Gasteiger partial charge in [-0.05, 0) is 11.5 Å². The Balaban J connectivity index is 0.00000220. The van der Waals surface area contributed by atoms with Crippen molar-refractivity contribution < 1.29 is 89.9 Å². The van der Waals surface area contributed by atoms with Crippen LogP contribution in [-0.4, -0.2) is 32.2 Å². The van der Waals surface area contributed by atoms with Gasteiger partial charge in [-0.3, -0.25) is 4.79 Å². The minimum atomic E-state index is -5.23. The van der Waals surface area contributed by atoms with E-state index in [9.17, 15) is 30.7 Å². The van der Waals surface area contributed by atoms with Gasteiger partial charge in [-0.15, -0.1) is 0 Å². The molecule has 0 aliphatic rings. The monoisotopic (exact) mass is 360 g/mol. The van der Waals surface area contributed by atoms with E-state index in [2.05, 4.69) is 0 Å². The van der Waals surface area contributed by atoms with Crippen LogP contribution in [0.4, 0.5) is 0 Å². The van der Waals surface area contributed by atoms with Crippen molar-refractivity contribution in [3.05, 3.63) is 35.9 Å². The van der Waals surface area contributed by atoms with Gasteiger partial charge in [-0.1, -0.05) is 24.3 Å². The van der Waals surface area contributed by atoms with Crippen LogP contribution in [0.1, 0.15) is 10.4 Å². The number of hydrogen-bond acceptors (Lipinski definition) is 7. The minimum absolute atomic E-state index is 0. The van der Waals surface area contributed by atoms with Gasteiger partial charge in [0.15, 0.2) is 6.29 Å². The fraction of sp³-hybridized carbons (Fsp3) is 0. The number of hydrogen-bond donors (Lipinski definition) is 0. The van der Waals surface area contributed by atoms with Crippen molar-refractivity contribution in [1.29, 1.82) is 0 Å². The SMILES string of the molecule is O=Cc1cc(S(=O)(=O)[O-])c(S(=O)(=O)[O-])c2ccccc12.[Na+].[Na+]. The molecule has 0 radical (unpaired) electrons. The number of benzene rings is 2. The third-order valence-electron chi connectivity index (χ3n) is 2.64. The van der Waals surface area contributed by atoms with Gasteiger partial charge in [0.05, 0.1) is 9.79 Å². The van der Waals surface area contributed by atoms with Gasteiger partial charge in [0.1, 0.15) is 20.2 Å². The van der Waals surface area contributed by atoms with Crippen LogP contribution in [-0.2, 0) is 20.2 Å². The van der Waals surface area contributed by atoms with Crippen molar-refractivity contribution in [3.8, 4) is 0 Å². The summed E-state index contributed by atoms with van der Waals surface area (Å²) in [5, 5.41) is -0.203. The number of fused-ring (bicyclic) bond motifs is 1. The Morgan fingerprint density at radius 3 is 1.77 bits per heavy atom. The summed E-state index contributed by atoms with van der Waals surface area (Å²) in [6.45, 7) is 0. The van der Waals surface area contributed by atoms with Crippen LogP contribution < -0.4 is 59.1 Å². The fourth-order valence-corrected chi connectivity index (χ4v) is 3.86. The summed E-state index contributed by atoms with van der Waals surface area (Å²) in [6, 6.07) is 5.92. The molecule has 0 fully saturated rings. The molecule has 0 aliphatic carbocycles. The first kappa shape index (κ1) is 22.2. The van der Waals surface area contributed by atoms with Crippen molar-refractivity contribution in [2.75, 3.05) is 0 Å². The van der Waals surface area contributed by atoms with Gasteiger partial charge < -0.3 is 9.11 Å². The predicted molar refractivity (Wildman–Crippen MR) is 65.3 cm³/mol. The van der Waals surface area contributed by atoms with Crippen LogP contribution in [0.15, 0.2) is 40.1 Å². The summed E-state index contributed by atoms with van der Waals surface area (Å²) >= 11 is 0. The molecule has 0 aliphatic heterocycles. The van der Waals surface area contributed by atoms with Crippen LogP contribution in [0, 0.1) is 0 Å². The maximum absolute atomic E-state index is 11.3. The minimum Gasteiger partial charge on any atom is -0.744 e. The Kier molecular flexibility index (Phi) is 7.91. The first-order chi connectivity index (χ1) is 9.16. The Hall–Kier alpha value is 0.190. The van der Waals surface area contributed by atoms with E-state index in [-0.39, 0.29) is 81.7 Å². The Morgan fingerprint density at radius 2 is 1.36 bits per heavy atom. The van der Waals surface area contributed by atoms with Gasteiger partial charge in [-0.2, -0.15) is 0 Å². The molecule has 0 heterocycles. The maximum atomic E-state index is 11.3. The number of carbonyl (C=O) groups excluding carboxylic acids is 1. The molecule has 0 unspecified atom stereocenters. The zero-order valence-corrected chi connectivity index (χ0v) is 17.3. The van der Waals surface area contributed by atoms with Gasteiger partial charge in [0, 0.05) is 10.9 Å². The Labute approximate surface area is 171 Å². The summed E-state index contributed by atoms with van der Waals surface area (Å²) < 4.78 is 67.2. The number of carbonyl (C=O) groups is 1. The van der Waals surface area contributed by atoms with Crippen LogP contribution in [0.5, 0.6) is 0 Å². The smallest absolute Gasteiger partial charge is 0.744 e. The molecule has 0 spiro atoms. The van der Waals surface area contributed by atoms with E-state index < -0.39 is 30.0 Å². The molecular formula is C11H6Na2O7S2. The molecule has 0 bridgehead atoms. The van der Waals surface area contributed by atoms with Crippen LogP contribution in [0.3, 0.4) is 0 Å². The third-order valence-corrected chi connectivity index (χ3v) is 4.57. The zero-order valence-electron chi connectivity index (χ0n) is 11.6. The molecule has 0 aromatic heterocycles. The van der Waals surface area contributed by atoms with E-state index >= 15 is 0 Å². The average Bonchev–Trinajstić information content (AvgIpc) is 2.34. The largest absolute Gasteiger partial charge is 1.00 e. The normalized spacial score (nSPS) is 11.4. The van der Waals surface area contributed by atoms with Crippen molar-refractivity contribution in [1.82, 2.24) is 0 Å². The quantitative estimate of drug-likeness (QED) is 0.303. The van der Waals surface area contributed by atoms with Crippen molar-refractivity contribution >= 4 is 37.3 Å². The summed E-state index contributed by atoms with van der Waals surface area (Å²) in [6.07, 6.45) is 0.276. The van der Waals surface area contributed by atoms with Crippen LogP contribution in [0.25, 0.3) is 10.8 Å². The van der Waals surface area contributed by atoms with E-state index in [1.54, 1.807) is 0 Å². The Bertz CT molecular complexity index is 921. The number of rotatable bonds is 3. The molecule has 2 rings (SSSR count). The van der Waals surface area contributed by atoms with Gasteiger partial charge in [0.2, 0.25) is 0 Å². The summed E-state index contributed by atoms with van der Waals surface area (Å²) in [7, 11) is -10.4. The predicted octanol–water partition coefficient (Wildman–Crippen LogP) is -5.53. The van der Waals surface area contributed by atoms with Gasteiger partial charge in [0.25, 0.3) is 0 Å². The molecule has 7 nitrogen and oxygen atoms in total. The first-order valence-electron chi connectivity index (χ1n) is 5.09. The van der Waals surface area contributed by atoms with Crippen molar-refractivity contribution in [3.63, 3.8) is 0 Å². The van der Waals surface area contributed by atoms with Crippen molar-refractivity contribution in [2.24, 2.45) is 0 Å². The second-order valence-electron chi connectivity index (χ2n) is 3.86. The summed E-state index contributed by atoms with van der Waals surface area (Å²) in [5.41, 5.74) is -0.192. The molecule has 11 heteroatoms. The van der Waals surface area contributed by atoms with Gasteiger partial charge in [-0.25, -0.2) is 16.8 Å². The second-order valence-corrected chi connectivity index (χ2v) is 6.53. The fourth-order valence-electron chi connectivity index (χ4n) is 1.89. The molecule has 22 heavy (non-hydrogen) atoms. The Morgan fingerprint density at radius 1 is 0.864 bits per heavy atom. The van der Waals surface area contributed by atoms with E-state index in [1.165, 1.54) is 18.2 Å². The summed E-state index contributed by atoms with van der Waals surface area (Å²) in [4.78, 5) is 8.59. The molecule has 0 N–H and O–H groups in total. The van der Waals surface area contributed by atoms with Crippen molar-refractivity contribution in [2.45, 2.75) is 9.79 Å². The van der Waals surface area contributed by atoms with Crippen LogP contribution >= 0.6 is 0 Å². The third kappa shape index (κ3) is 4.38. The average molecular weight is 360 g/mol. The molecule has 2 aromatic rings. The molecule has 0 saturated carbocycles. The first-order valence-corrected chi connectivity index (χ1v) is 7.90. The molecular weight excluding hydrogens is 354 g/mol. The molecule has 106 valence electrons. The second kappa shape index (κ2) is 7.84. The maximum Gasteiger partial charge on any atom is 1.00 e. The molecule has 0 saturated heterocycles. The van der Waals surface area contributed by atoms with E-state index in [4.69, 9.17) is 0 Å². The number of aldehydes is 1. The molecule has 0 amide bonds. The molecule has 2 aromatic carbocycles. The van der Waals surface area contributed by atoms with Gasteiger partial charge >= 0.3 is 59.1 Å². The topological polar surface area (TPSA) is 131 Å². The molecule has 0 atom stereocenters. The van der Waals surface area contributed by atoms with E-state index in [0.29, 0.717) is 6.07 Å². The zero-order chi connectivity index (χ0) is 15.1. The standard InChI is InChI=1S/C11H8O7S2.2Na/c12-6-7-5-10(19(13,14)15)11(20(16,17)18)9-4-2-1-3-8(7)9;;/h1-6H,(H,13,14,15)(H,16,17,18);;/q;2*+1/p-2.